The molecule has 0 spiro atoms. The molecule has 6 heteroatoms. The highest BCUT2D eigenvalue weighted by molar-refractivity contribution is 7.94. The van der Waals surface area contributed by atoms with Gasteiger partial charge in [0.25, 0.3) is 0 Å². The molecule has 0 saturated carbocycles. The molecule has 1 heterocycles. The molecule has 1 N–H and O–H groups in total. The third kappa shape index (κ3) is 2.99. The van der Waals surface area contributed by atoms with Gasteiger partial charge in [-0.2, -0.15) is 4.98 Å². The Kier molecular flexibility index (Phi) is 4.15. The molecule has 22 heavy (non-hydrogen) atoms. The van der Waals surface area contributed by atoms with Crippen molar-refractivity contribution in [2.24, 2.45) is 0 Å². The molecule has 3 rings (SSSR count). The van der Waals surface area contributed by atoms with Crippen molar-refractivity contribution in [3.05, 3.63) is 53.6 Å². The Labute approximate surface area is 134 Å². The molecule has 4 nitrogen and oxygen atoms in total. The number of carbonyl (C=O) groups excluding carboxylic acids is 1. The molecule has 1 aromatic heterocycles. The van der Waals surface area contributed by atoms with Crippen LogP contribution in [0.5, 0.6) is 5.75 Å². The van der Waals surface area contributed by atoms with Crippen LogP contribution in [0.2, 0.25) is 0 Å². The molecule has 0 radical (unpaired) electrons. The number of aryl methyl sites for hydroxylation is 1. The Balaban J connectivity index is 1.79. The largest absolute Gasteiger partial charge is 0.609 e. The predicted molar refractivity (Wildman–Crippen MR) is 88.1 cm³/mol. The number of Topliss-reactive ketones (excluding diaryl/α,β-unsaturated/α-hetero) is 1. The zero-order chi connectivity index (χ0) is 15.7. The quantitative estimate of drug-likeness (QED) is 0.588. The normalized spacial score (nSPS) is 12.5. The Morgan fingerprint density at radius 2 is 2.09 bits per heavy atom. The van der Waals surface area contributed by atoms with Crippen LogP contribution in [0.1, 0.15) is 15.9 Å². The predicted octanol–water partition coefficient (Wildman–Crippen LogP) is 3.30. The highest BCUT2D eigenvalue weighted by atomic mass is 32.2. The minimum absolute atomic E-state index is 0.0663. The second-order valence-corrected chi connectivity index (χ2v) is 7.52. The Morgan fingerprint density at radius 1 is 1.32 bits per heavy atom. The van der Waals surface area contributed by atoms with Crippen molar-refractivity contribution in [2.45, 2.75) is 11.3 Å². The number of nitrogens with zero attached hydrogens (tertiary/aromatic N) is 1. The summed E-state index contributed by atoms with van der Waals surface area (Å²) in [6.07, 6.45) is 0. The summed E-state index contributed by atoms with van der Waals surface area (Å²) in [4.78, 5) is 16.5. The molecule has 0 bridgehead atoms. The summed E-state index contributed by atoms with van der Waals surface area (Å²) in [6, 6.07) is 12.2. The van der Waals surface area contributed by atoms with E-state index in [2.05, 4.69) is 4.98 Å². The molecule has 0 amide bonds. The van der Waals surface area contributed by atoms with Crippen molar-refractivity contribution in [3.63, 3.8) is 0 Å². The molecule has 0 aliphatic carbocycles. The lowest BCUT2D eigenvalue weighted by atomic mass is 10.1. The number of hydrogen-bond donors (Lipinski definition) is 1. The first-order chi connectivity index (χ1) is 10.5. The van der Waals surface area contributed by atoms with Crippen molar-refractivity contribution >= 4 is 38.5 Å². The van der Waals surface area contributed by atoms with E-state index in [4.69, 9.17) is 0 Å². The van der Waals surface area contributed by atoms with Crippen LogP contribution in [0.25, 0.3) is 10.2 Å². The summed E-state index contributed by atoms with van der Waals surface area (Å²) in [5, 5.41) is 9.66. The van der Waals surface area contributed by atoms with Crippen LogP contribution >= 0.6 is 11.3 Å². The fourth-order valence-electron chi connectivity index (χ4n) is 2.00. The van der Waals surface area contributed by atoms with Gasteiger partial charge in [0, 0.05) is 16.7 Å². The maximum absolute atomic E-state index is 12.3. The number of thiazole rings is 1. The van der Waals surface area contributed by atoms with Crippen LogP contribution < -0.4 is 0 Å². The first kappa shape index (κ1) is 15.0. The van der Waals surface area contributed by atoms with E-state index in [-0.39, 0.29) is 17.3 Å². The summed E-state index contributed by atoms with van der Waals surface area (Å²) in [6.45, 7) is 1.75. The van der Waals surface area contributed by atoms with Gasteiger partial charge in [-0.3, -0.25) is 4.79 Å². The second kappa shape index (κ2) is 6.08. The van der Waals surface area contributed by atoms with Gasteiger partial charge < -0.3 is 9.66 Å². The molecular weight excluding hydrogens is 318 g/mol. The van der Waals surface area contributed by atoms with Crippen LogP contribution in [0.3, 0.4) is 0 Å². The Morgan fingerprint density at radius 3 is 2.82 bits per heavy atom. The van der Waals surface area contributed by atoms with Gasteiger partial charge in [-0.25, -0.2) is 0 Å². The number of hydrogen-bond acceptors (Lipinski definition) is 5. The van der Waals surface area contributed by atoms with Gasteiger partial charge in [0.2, 0.25) is 5.78 Å². The zero-order valence-electron chi connectivity index (χ0n) is 11.8. The van der Waals surface area contributed by atoms with E-state index in [1.54, 1.807) is 19.1 Å². The lowest BCUT2D eigenvalue weighted by Gasteiger charge is -2.07. The molecule has 0 fully saturated rings. The van der Waals surface area contributed by atoms with Crippen LogP contribution in [-0.2, 0) is 11.2 Å². The maximum atomic E-state index is 12.3. The highest BCUT2D eigenvalue weighted by Crippen LogP contribution is 2.26. The van der Waals surface area contributed by atoms with E-state index in [9.17, 15) is 14.5 Å². The molecule has 2 aromatic carbocycles. The Bertz CT molecular complexity index is 811. The summed E-state index contributed by atoms with van der Waals surface area (Å²) in [5.41, 5.74) is 1.85. The van der Waals surface area contributed by atoms with Gasteiger partial charge in [-0.15, -0.1) is 0 Å². The standard InChI is InChI=1S/C16H13NO3S2/c1-10-6-7-11(8-13(10)18)14(19)9-22(20)16-17-12-4-2-3-5-15(12)21-16/h2-8,18H,9H2,1H3. The lowest BCUT2D eigenvalue weighted by molar-refractivity contribution is 0.102. The zero-order valence-corrected chi connectivity index (χ0v) is 13.4. The number of benzene rings is 2. The number of carbonyl (C=O) groups is 1. The van der Waals surface area contributed by atoms with Crippen LogP contribution in [-0.4, -0.2) is 26.2 Å². The molecule has 0 aliphatic rings. The van der Waals surface area contributed by atoms with Crippen molar-refractivity contribution < 1.29 is 14.5 Å². The second-order valence-electron chi connectivity index (χ2n) is 4.86. The number of aromatic nitrogens is 1. The van der Waals surface area contributed by atoms with E-state index < -0.39 is 11.2 Å². The van der Waals surface area contributed by atoms with Crippen molar-refractivity contribution in [2.75, 3.05) is 5.75 Å². The molecular formula is C16H13NO3S2. The molecule has 112 valence electrons. The average molecular weight is 331 g/mol. The fraction of sp³-hybridized carbons (Fsp3) is 0.125. The minimum Gasteiger partial charge on any atom is -0.609 e. The maximum Gasteiger partial charge on any atom is 0.303 e. The number of ketones is 1. The van der Waals surface area contributed by atoms with Gasteiger partial charge in [0.05, 0.1) is 10.2 Å². The van der Waals surface area contributed by atoms with Crippen molar-refractivity contribution in [1.29, 1.82) is 0 Å². The van der Waals surface area contributed by atoms with Gasteiger partial charge >= 0.3 is 4.34 Å². The Hall–Kier alpha value is -1.89. The minimum atomic E-state index is -1.48. The van der Waals surface area contributed by atoms with Gasteiger partial charge in [0.15, 0.2) is 5.75 Å². The first-order valence-electron chi connectivity index (χ1n) is 6.61. The summed E-state index contributed by atoms with van der Waals surface area (Å²) >= 11 is -0.147. The average Bonchev–Trinajstić information content (AvgIpc) is 2.94. The number of rotatable bonds is 4. The molecule has 1 atom stereocenters. The number of aromatic hydroxyl groups is 1. The van der Waals surface area contributed by atoms with Gasteiger partial charge in [-0.1, -0.05) is 35.6 Å². The number of phenols is 1. The van der Waals surface area contributed by atoms with Crippen molar-refractivity contribution in [1.82, 2.24) is 4.98 Å². The lowest BCUT2D eigenvalue weighted by Crippen LogP contribution is -2.16. The SMILES string of the molecule is Cc1ccc(C(=O)C[S+]([O-])c2nc3ccccc3s2)cc1O. The van der Waals surface area contributed by atoms with Gasteiger partial charge in [0.1, 0.15) is 5.75 Å². The van der Waals surface area contributed by atoms with E-state index in [1.165, 1.54) is 17.4 Å². The molecule has 0 saturated heterocycles. The monoisotopic (exact) mass is 331 g/mol. The highest BCUT2D eigenvalue weighted by Gasteiger charge is 2.22. The molecule has 0 aliphatic heterocycles. The smallest absolute Gasteiger partial charge is 0.303 e. The molecule has 3 aromatic rings. The fourth-order valence-corrected chi connectivity index (χ4v) is 4.24. The van der Waals surface area contributed by atoms with Crippen LogP contribution in [0.4, 0.5) is 0 Å². The summed E-state index contributed by atoms with van der Waals surface area (Å²) in [7, 11) is 0. The van der Waals surface area contributed by atoms with E-state index in [1.807, 2.05) is 24.3 Å². The van der Waals surface area contributed by atoms with Crippen LogP contribution in [0, 0.1) is 6.92 Å². The summed E-state index contributed by atoms with van der Waals surface area (Å²) in [5.74, 6) is -0.341. The van der Waals surface area contributed by atoms with E-state index in [0.29, 0.717) is 15.5 Å². The topological polar surface area (TPSA) is 73.2 Å². The third-order valence-corrected chi connectivity index (χ3v) is 5.91. The summed E-state index contributed by atoms with van der Waals surface area (Å²) < 4.78 is 13.7. The van der Waals surface area contributed by atoms with Gasteiger partial charge in [-0.05, 0) is 30.7 Å². The molecule has 1 unspecified atom stereocenters. The first-order valence-corrected chi connectivity index (χ1v) is 8.75. The van der Waals surface area contributed by atoms with E-state index >= 15 is 0 Å². The third-order valence-electron chi connectivity index (χ3n) is 3.26. The number of phenolic OH excluding ortho intramolecular Hbond substituents is 1. The van der Waals surface area contributed by atoms with Crippen LogP contribution in [0.15, 0.2) is 46.8 Å². The van der Waals surface area contributed by atoms with E-state index in [0.717, 1.165) is 10.2 Å². The number of para-hydroxylation sites is 1. The number of fused-ring (bicyclic) bond motifs is 1. The van der Waals surface area contributed by atoms with Crippen molar-refractivity contribution in [3.8, 4) is 5.75 Å².